The number of rotatable bonds is 8. The van der Waals surface area contributed by atoms with Gasteiger partial charge in [-0.1, -0.05) is 72.8 Å². The van der Waals surface area contributed by atoms with Gasteiger partial charge in [0.1, 0.15) is 6.10 Å². The second-order valence-electron chi connectivity index (χ2n) is 9.51. The van der Waals surface area contributed by atoms with Gasteiger partial charge >= 0.3 is 6.18 Å². The Bertz CT molecular complexity index is 1340. The molecule has 4 aromatic rings. The summed E-state index contributed by atoms with van der Waals surface area (Å²) in [6.07, 6.45) is -3.27. The molecule has 39 heavy (non-hydrogen) atoms. The molecule has 0 unspecified atom stereocenters. The number of nitrogens with zero attached hydrogens (tertiary/aromatic N) is 3. The van der Waals surface area contributed by atoms with E-state index < -0.39 is 11.7 Å². The molecule has 1 aliphatic heterocycles. The van der Waals surface area contributed by atoms with Gasteiger partial charge in [-0.05, 0) is 29.3 Å². The fourth-order valence-corrected chi connectivity index (χ4v) is 4.74. The Kier molecular flexibility index (Phi) is 7.81. The van der Waals surface area contributed by atoms with Crippen LogP contribution in [0.5, 0.6) is 5.88 Å². The molecule has 8 heteroatoms. The summed E-state index contributed by atoms with van der Waals surface area (Å²) in [6, 6.07) is 29.5. The van der Waals surface area contributed by atoms with Crippen molar-refractivity contribution in [2.45, 2.75) is 31.8 Å². The molecule has 1 aromatic heterocycles. The third kappa shape index (κ3) is 6.57. The van der Waals surface area contributed by atoms with Crippen molar-refractivity contribution in [3.8, 4) is 5.88 Å². The molecule has 1 saturated heterocycles. The maximum absolute atomic E-state index is 14.0. The van der Waals surface area contributed by atoms with Gasteiger partial charge in [-0.25, -0.2) is 4.98 Å². The lowest BCUT2D eigenvalue weighted by atomic mass is 10.1. The zero-order chi connectivity index (χ0) is 27.2. The number of carbonyl (C=O) groups excluding carboxylic acids is 1. The third-order valence-corrected chi connectivity index (χ3v) is 6.69. The van der Waals surface area contributed by atoms with Gasteiger partial charge in [-0.15, -0.1) is 0 Å². The van der Waals surface area contributed by atoms with Gasteiger partial charge in [0.25, 0.3) is 5.91 Å². The predicted molar refractivity (Wildman–Crippen MR) is 143 cm³/mol. The number of ether oxygens (including phenoxy) is 1. The van der Waals surface area contributed by atoms with Crippen molar-refractivity contribution in [2.24, 2.45) is 0 Å². The minimum Gasteiger partial charge on any atom is -0.472 e. The highest BCUT2D eigenvalue weighted by atomic mass is 19.4. The zero-order valence-electron chi connectivity index (χ0n) is 21.2. The molecule has 5 nitrogen and oxygen atoms in total. The van der Waals surface area contributed by atoms with Crippen molar-refractivity contribution in [3.05, 3.63) is 126 Å². The Balaban J connectivity index is 1.33. The van der Waals surface area contributed by atoms with Crippen molar-refractivity contribution in [2.75, 3.05) is 18.0 Å². The highest BCUT2D eigenvalue weighted by Gasteiger charge is 2.32. The van der Waals surface area contributed by atoms with Crippen molar-refractivity contribution < 1.29 is 22.7 Å². The fraction of sp³-hybridized carbons (Fsp3) is 0.226. The fourth-order valence-electron chi connectivity index (χ4n) is 4.74. The lowest BCUT2D eigenvalue weighted by Crippen LogP contribution is -2.32. The molecule has 1 amide bonds. The van der Waals surface area contributed by atoms with E-state index in [1.807, 2.05) is 89.8 Å². The largest absolute Gasteiger partial charge is 0.472 e. The van der Waals surface area contributed by atoms with Crippen molar-refractivity contribution in [1.29, 1.82) is 0 Å². The Morgan fingerprint density at radius 1 is 0.872 bits per heavy atom. The number of halogens is 3. The van der Waals surface area contributed by atoms with Gasteiger partial charge in [0.15, 0.2) is 0 Å². The van der Waals surface area contributed by atoms with E-state index in [9.17, 15) is 18.0 Å². The maximum Gasteiger partial charge on any atom is 0.417 e. The second-order valence-corrected chi connectivity index (χ2v) is 9.51. The van der Waals surface area contributed by atoms with E-state index in [-0.39, 0.29) is 17.9 Å². The summed E-state index contributed by atoms with van der Waals surface area (Å²) in [5.74, 6) is 0.0724. The van der Waals surface area contributed by atoms with Crippen LogP contribution in [0.25, 0.3) is 0 Å². The second kappa shape index (κ2) is 11.6. The molecule has 1 fully saturated rings. The normalized spacial score (nSPS) is 15.3. The number of para-hydroxylation sites is 1. The number of anilines is 1. The summed E-state index contributed by atoms with van der Waals surface area (Å²) in [7, 11) is 0. The Morgan fingerprint density at radius 3 is 2.08 bits per heavy atom. The van der Waals surface area contributed by atoms with E-state index in [0.29, 0.717) is 38.2 Å². The highest BCUT2D eigenvalue weighted by Crippen LogP contribution is 2.31. The monoisotopic (exact) mass is 531 g/mol. The van der Waals surface area contributed by atoms with Crippen LogP contribution in [0.4, 0.5) is 18.9 Å². The Morgan fingerprint density at radius 2 is 1.49 bits per heavy atom. The zero-order valence-corrected chi connectivity index (χ0v) is 21.2. The summed E-state index contributed by atoms with van der Waals surface area (Å²) in [5.41, 5.74) is 2.67. The Labute approximate surface area is 225 Å². The summed E-state index contributed by atoms with van der Waals surface area (Å²) in [5, 5.41) is 0. The van der Waals surface area contributed by atoms with Crippen LogP contribution in [-0.4, -0.2) is 35.0 Å². The summed E-state index contributed by atoms with van der Waals surface area (Å²) in [4.78, 5) is 21.8. The number of carbonyl (C=O) groups is 1. The van der Waals surface area contributed by atoms with Crippen LogP contribution in [0, 0.1) is 0 Å². The number of amides is 1. The van der Waals surface area contributed by atoms with E-state index in [0.717, 1.165) is 29.1 Å². The predicted octanol–water partition coefficient (Wildman–Crippen LogP) is 6.60. The minimum absolute atomic E-state index is 0.0768. The summed E-state index contributed by atoms with van der Waals surface area (Å²) < 4.78 is 44.4. The molecule has 0 N–H and O–H groups in total. The van der Waals surface area contributed by atoms with Crippen molar-refractivity contribution in [3.63, 3.8) is 0 Å². The molecule has 1 aliphatic rings. The first-order chi connectivity index (χ1) is 18.9. The number of hydrogen-bond donors (Lipinski definition) is 0. The minimum atomic E-state index is -4.44. The van der Waals surface area contributed by atoms with Gasteiger partial charge < -0.3 is 14.5 Å². The van der Waals surface area contributed by atoms with Crippen molar-refractivity contribution >= 4 is 11.6 Å². The average molecular weight is 532 g/mol. The molecule has 0 aliphatic carbocycles. The molecule has 3 aromatic carbocycles. The first-order valence-corrected chi connectivity index (χ1v) is 12.8. The maximum atomic E-state index is 14.0. The van der Waals surface area contributed by atoms with Crippen LogP contribution in [-0.2, 0) is 19.3 Å². The number of hydrogen-bond acceptors (Lipinski definition) is 4. The molecule has 5 rings (SSSR count). The summed E-state index contributed by atoms with van der Waals surface area (Å²) in [6.45, 7) is 2.07. The number of benzene rings is 3. The van der Waals surface area contributed by atoms with E-state index in [1.54, 1.807) is 0 Å². The molecular formula is C31H28F3N3O2. The third-order valence-electron chi connectivity index (χ3n) is 6.69. The molecule has 0 saturated carbocycles. The smallest absolute Gasteiger partial charge is 0.417 e. The van der Waals surface area contributed by atoms with Crippen molar-refractivity contribution in [1.82, 2.24) is 9.88 Å². The van der Waals surface area contributed by atoms with Crippen LogP contribution in [0.3, 0.4) is 0 Å². The van der Waals surface area contributed by atoms with Crippen LogP contribution in [0.15, 0.2) is 103 Å². The van der Waals surface area contributed by atoms with Crippen LogP contribution < -0.4 is 9.64 Å². The van der Waals surface area contributed by atoms with Gasteiger partial charge in [-0.3, -0.25) is 4.79 Å². The molecule has 0 radical (unpaired) electrons. The lowest BCUT2D eigenvalue weighted by Gasteiger charge is -2.27. The standard InChI is InChI=1S/C31H28F3N3O2/c32-31(33,34)25-15-16-29(35-19-25)39-26-17-18-36(22-26)28-14-8-7-13-27(28)30(38)37(20-23-9-3-1-4-10-23)21-24-11-5-2-6-12-24/h1-16,19,26H,17-18,20-22H2/t26-/m0/s1. The topological polar surface area (TPSA) is 45.7 Å². The molecule has 0 bridgehead atoms. The Hall–Kier alpha value is -4.33. The SMILES string of the molecule is O=C(c1ccccc1N1CC[C@H](Oc2ccc(C(F)(F)F)cn2)C1)N(Cc1ccccc1)Cc1ccccc1. The summed E-state index contributed by atoms with van der Waals surface area (Å²) >= 11 is 0. The van der Waals surface area contributed by atoms with Gasteiger partial charge in [0.05, 0.1) is 17.7 Å². The van der Waals surface area contributed by atoms with Crippen LogP contribution in [0.2, 0.25) is 0 Å². The number of alkyl halides is 3. The van der Waals surface area contributed by atoms with Gasteiger partial charge in [0.2, 0.25) is 5.88 Å². The van der Waals surface area contributed by atoms with E-state index in [1.165, 1.54) is 6.07 Å². The molecule has 2 heterocycles. The van der Waals surface area contributed by atoms with E-state index >= 15 is 0 Å². The van der Waals surface area contributed by atoms with E-state index in [2.05, 4.69) is 9.88 Å². The highest BCUT2D eigenvalue weighted by molar-refractivity contribution is 5.99. The lowest BCUT2D eigenvalue weighted by molar-refractivity contribution is -0.137. The van der Waals surface area contributed by atoms with E-state index in [4.69, 9.17) is 4.74 Å². The van der Waals surface area contributed by atoms with Crippen LogP contribution >= 0.6 is 0 Å². The van der Waals surface area contributed by atoms with Gasteiger partial charge in [0, 0.05) is 44.0 Å². The first-order valence-electron chi connectivity index (χ1n) is 12.8. The molecular weight excluding hydrogens is 503 g/mol. The first kappa shape index (κ1) is 26.3. The average Bonchev–Trinajstić information content (AvgIpc) is 3.41. The molecule has 200 valence electrons. The number of aromatic nitrogens is 1. The number of pyridine rings is 1. The van der Waals surface area contributed by atoms with Gasteiger partial charge in [-0.2, -0.15) is 13.2 Å². The quantitative estimate of drug-likeness (QED) is 0.257. The molecule has 1 atom stereocenters. The van der Waals surface area contributed by atoms with Crippen LogP contribution in [0.1, 0.15) is 33.5 Å². The molecule has 0 spiro atoms.